The summed E-state index contributed by atoms with van der Waals surface area (Å²) in [7, 11) is 0. The Labute approximate surface area is 82.7 Å². The molecule has 0 nitrogen and oxygen atoms in total. The molecule has 13 heavy (non-hydrogen) atoms. The predicted molar refractivity (Wildman–Crippen MR) is 53.0 cm³/mol. The Morgan fingerprint density at radius 3 is 2.31 bits per heavy atom. The second-order valence-corrected chi connectivity index (χ2v) is 4.30. The summed E-state index contributed by atoms with van der Waals surface area (Å²) in [5.74, 6) is 0.152. The number of hydrogen-bond acceptors (Lipinski definition) is 0. The fraction of sp³-hybridized carbons (Fsp3) is 0.455. The molecule has 3 atom stereocenters. The molecule has 1 saturated carbocycles. The first-order chi connectivity index (χ1) is 6.18. The van der Waals surface area contributed by atoms with Crippen LogP contribution in [0, 0.1) is 0 Å². The summed E-state index contributed by atoms with van der Waals surface area (Å²) in [4.78, 5) is 0. The molecular weight excluding hydrogens is 187 g/mol. The molecule has 0 heterocycles. The highest BCUT2D eigenvalue weighted by atomic mass is 35.5. The molecule has 2 rings (SSSR count). The molecule has 0 bridgehead atoms. The van der Waals surface area contributed by atoms with E-state index in [0.29, 0.717) is 6.42 Å². The first kappa shape index (κ1) is 9.01. The van der Waals surface area contributed by atoms with Crippen molar-refractivity contribution in [3.05, 3.63) is 35.4 Å². The van der Waals surface area contributed by atoms with Gasteiger partial charge in [0.1, 0.15) is 6.17 Å². The van der Waals surface area contributed by atoms with E-state index in [1.54, 1.807) is 0 Å². The van der Waals surface area contributed by atoms with Crippen molar-refractivity contribution in [3.8, 4) is 0 Å². The number of rotatable bonds is 2. The topological polar surface area (TPSA) is 0 Å². The number of alkyl halides is 2. The molecule has 0 N–H and O–H groups in total. The molecule has 1 aliphatic rings. The first-order valence-corrected chi connectivity index (χ1v) is 5.00. The zero-order chi connectivity index (χ0) is 9.42. The van der Waals surface area contributed by atoms with Crippen LogP contribution in [0.5, 0.6) is 0 Å². The smallest absolute Gasteiger partial charge is 0.108 e. The van der Waals surface area contributed by atoms with Crippen LogP contribution in [0.1, 0.15) is 35.8 Å². The summed E-state index contributed by atoms with van der Waals surface area (Å²) in [5, 5.41) is 0.0365. The third-order valence-corrected chi connectivity index (χ3v) is 2.79. The third-order valence-electron chi connectivity index (χ3n) is 2.54. The zero-order valence-corrected chi connectivity index (χ0v) is 8.26. The second kappa shape index (κ2) is 3.30. The fourth-order valence-electron chi connectivity index (χ4n) is 1.52. The molecule has 1 aromatic rings. The minimum atomic E-state index is -0.612. The average Bonchev–Trinajstić information content (AvgIpc) is 2.83. The molecule has 2 heteroatoms. The molecule has 1 aliphatic carbocycles. The van der Waals surface area contributed by atoms with Gasteiger partial charge in [-0.25, -0.2) is 4.39 Å². The maximum absolute atomic E-state index is 12.7. The van der Waals surface area contributed by atoms with Gasteiger partial charge in [0.05, 0.1) is 5.38 Å². The van der Waals surface area contributed by atoms with Crippen molar-refractivity contribution in [1.82, 2.24) is 0 Å². The van der Waals surface area contributed by atoms with Gasteiger partial charge in [0.25, 0.3) is 0 Å². The SMILES string of the molecule is CC(Cl)c1ccc([C@H]2C[C@H]2F)cc1. The molecule has 0 amide bonds. The van der Waals surface area contributed by atoms with Crippen molar-refractivity contribution in [1.29, 1.82) is 0 Å². The Morgan fingerprint density at radius 2 is 1.92 bits per heavy atom. The van der Waals surface area contributed by atoms with E-state index in [1.807, 2.05) is 31.2 Å². The van der Waals surface area contributed by atoms with E-state index in [-0.39, 0.29) is 11.3 Å². The monoisotopic (exact) mass is 198 g/mol. The molecule has 0 saturated heterocycles. The van der Waals surface area contributed by atoms with Crippen molar-refractivity contribution in [3.63, 3.8) is 0 Å². The van der Waals surface area contributed by atoms with E-state index < -0.39 is 6.17 Å². The highest BCUT2D eigenvalue weighted by Crippen LogP contribution is 2.43. The first-order valence-electron chi connectivity index (χ1n) is 4.56. The predicted octanol–water partition coefficient (Wildman–Crippen LogP) is 3.81. The summed E-state index contributed by atoms with van der Waals surface area (Å²) in [6.07, 6.45) is 0.0785. The maximum atomic E-state index is 12.7. The zero-order valence-electron chi connectivity index (χ0n) is 7.50. The quantitative estimate of drug-likeness (QED) is 0.634. The lowest BCUT2D eigenvalue weighted by molar-refractivity contribution is 0.468. The van der Waals surface area contributed by atoms with Gasteiger partial charge in [-0.1, -0.05) is 24.3 Å². The van der Waals surface area contributed by atoms with Crippen LogP contribution in [0.15, 0.2) is 24.3 Å². The Morgan fingerprint density at radius 1 is 1.38 bits per heavy atom. The van der Waals surface area contributed by atoms with Crippen molar-refractivity contribution >= 4 is 11.6 Å². The van der Waals surface area contributed by atoms with E-state index in [1.165, 1.54) is 0 Å². The Bertz CT molecular complexity index is 291. The minimum Gasteiger partial charge on any atom is -0.247 e. The number of hydrogen-bond donors (Lipinski definition) is 0. The summed E-state index contributed by atoms with van der Waals surface area (Å²) >= 11 is 5.91. The van der Waals surface area contributed by atoms with Gasteiger partial charge < -0.3 is 0 Å². The summed E-state index contributed by atoms with van der Waals surface area (Å²) in [6, 6.07) is 7.94. The lowest BCUT2D eigenvalue weighted by Crippen LogP contribution is -1.86. The lowest BCUT2D eigenvalue weighted by Gasteiger charge is -2.04. The molecular formula is C11H12ClF. The Hall–Kier alpha value is -0.560. The fourth-order valence-corrected chi connectivity index (χ4v) is 1.66. The minimum absolute atomic E-state index is 0.0365. The van der Waals surface area contributed by atoms with Crippen LogP contribution in [0.3, 0.4) is 0 Å². The van der Waals surface area contributed by atoms with Gasteiger partial charge in [0.2, 0.25) is 0 Å². The Kier molecular flexibility index (Phi) is 2.29. The normalized spacial score (nSPS) is 28.5. The van der Waals surface area contributed by atoms with Gasteiger partial charge in [-0.3, -0.25) is 0 Å². The molecule has 0 aliphatic heterocycles. The second-order valence-electron chi connectivity index (χ2n) is 3.64. The number of halogens is 2. The van der Waals surface area contributed by atoms with Gasteiger partial charge in [-0.2, -0.15) is 0 Å². The highest BCUT2D eigenvalue weighted by Gasteiger charge is 2.38. The van der Waals surface area contributed by atoms with Crippen molar-refractivity contribution in [2.24, 2.45) is 0 Å². The summed E-state index contributed by atoms with van der Waals surface area (Å²) < 4.78 is 12.7. The van der Waals surface area contributed by atoms with Gasteiger partial charge in [-0.05, 0) is 24.5 Å². The molecule has 1 unspecified atom stereocenters. The van der Waals surface area contributed by atoms with E-state index in [0.717, 1.165) is 11.1 Å². The third kappa shape index (κ3) is 1.86. The van der Waals surface area contributed by atoms with E-state index in [2.05, 4.69) is 0 Å². The average molecular weight is 199 g/mol. The number of benzene rings is 1. The summed E-state index contributed by atoms with van der Waals surface area (Å²) in [5.41, 5.74) is 2.20. The van der Waals surface area contributed by atoms with Crippen LogP contribution in [0.25, 0.3) is 0 Å². The lowest BCUT2D eigenvalue weighted by atomic mass is 10.1. The molecule has 0 spiro atoms. The van der Waals surface area contributed by atoms with Crippen LogP contribution in [-0.2, 0) is 0 Å². The van der Waals surface area contributed by atoms with E-state index >= 15 is 0 Å². The highest BCUT2D eigenvalue weighted by molar-refractivity contribution is 6.20. The van der Waals surface area contributed by atoms with Crippen molar-refractivity contribution in [2.75, 3.05) is 0 Å². The van der Waals surface area contributed by atoms with Gasteiger partial charge in [-0.15, -0.1) is 11.6 Å². The van der Waals surface area contributed by atoms with Crippen LogP contribution in [0.4, 0.5) is 4.39 Å². The molecule has 0 radical (unpaired) electrons. The standard InChI is InChI=1S/C11H12ClF/c1-7(12)8-2-4-9(5-3-8)10-6-11(10)13/h2-5,7,10-11H,6H2,1H3/t7?,10-,11-/m1/s1. The maximum Gasteiger partial charge on any atom is 0.108 e. The van der Waals surface area contributed by atoms with Crippen LogP contribution < -0.4 is 0 Å². The Balaban J connectivity index is 2.14. The van der Waals surface area contributed by atoms with Crippen LogP contribution >= 0.6 is 11.6 Å². The van der Waals surface area contributed by atoms with Gasteiger partial charge in [0, 0.05) is 5.92 Å². The van der Waals surface area contributed by atoms with Crippen molar-refractivity contribution in [2.45, 2.75) is 30.8 Å². The molecule has 1 fully saturated rings. The van der Waals surface area contributed by atoms with Gasteiger partial charge in [0.15, 0.2) is 0 Å². The molecule has 1 aromatic carbocycles. The van der Waals surface area contributed by atoms with E-state index in [4.69, 9.17) is 11.6 Å². The van der Waals surface area contributed by atoms with Crippen molar-refractivity contribution < 1.29 is 4.39 Å². The van der Waals surface area contributed by atoms with E-state index in [9.17, 15) is 4.39 Å². The van der Waals surface area contributed by atoms with Crippen LogP contribution in [-0.4, -0.2) is 6.17 Å². The van der Waals surface area contributed by atoms with Gasteiger partial charge >= 0.3 is 0 Å². The molecule has 0 aromatic heterocycles. The summed E-state index contributed by atoms with van der Waals surface area (Å²) in [6.45, 7) is 1.94. The van der Waals surface area contributed by atoms with Crippen LogP contribution in [0.2, 0.25) is 0 Å². The largest absolute Gasteiger partial charge is 0.247 e. The molecule has 70 valence electrons.